The molecule has 3 N–H and O–H groups in total. The van der Waals surface area contributed by atoms with Gasteiger partial charge in [0.05, 0.1) is 17.4 Å². The number of amides is 1. The molecular formula is C15H21N5O3S. The molecule has 1 aromatic heterocycles. The van der Waals surface area contributed by atoms with Crippen LogP contribution in [0.4, 0.5) is 0 Å². The zero-order chi connectivity index (χ0) is 17.5. The van der Waals surface area contributed by atoms with Crippen LogP contribution in [0.1, 0.15) is 46.1 Å². The normalized spacial score (nSPS) is 19.7. The van der Waals surface area contributed by atoms with Crippen LogP contribution >= 0.6 is 0 Å². The molecule has 0 atom stereocenters. The second-order valence-corrected chi connectivity index (χ2v) is 8.31. The highest BCUT2D eigenvalue weighted by Crippen LogP contribution is 2.36. The van der Waals surface area contributed by atoms with Crippen molar-refractivity contribution < 1.29 is 13.2 Å². The highest BCUT2D eigenvalue weighted by atomic mass is 32.2. The number of hydrogen-bond acceptors (Lipinski definition) is 5. The van der Waals surface area contributed by atoms with Crippen LogP contribution in [-0.4, -0.2) is 49.1 Å². The van der Waals surface area contributed by atoms with Gasteiger partial charge in [-0.1, -0.05) is 0 Å². The number of nitriles is 1. The van der Waals surface area contributed by atoms with Gasteiger partial charge in [-0.05, 0) is 12.8 Å². The molecule has 0 spiro atoms. The Morgan fingerprint density at radius 2 is 2.00 bits per heavy atom. The molecule has 130 valence electrons. The van der Waals surface area contributed by atoms with Gasteiger partial charge in [0.1, 0.15) is 6.07 Å². The van der Waals surface area contributed by atoms with E-state index in [0.717, 1.165) is 17.9 Å². The summed E-state index contributed by atoms with van der Waals surface area (Å²) in [7, 11) is -3.20. The maximum absolute atomic E-state index is 11.9. The predicted octanol–water partition coefficient (Wildman–Crippen LogP) is -0.299. The molecule has 0 unspecified atom stereocenters. The molecule has 1 aromatic rings. The average molecular weight is 351 g/mol. The lowest BCUT2D eigenvalue weighted by Gasteiger charge is -2.32. The number of carbonyl (C=O) groups is 1. The maximum Gasteiger partial charge on any atom is 0.251 e. The smallest absolute Gasteiger partial charge is 0.251 e. The molecule has 1 saturated heterocycles. The van der Waals surface area contributed by atoms with Crippen molar-refractivity contribution in [2.45, 2.75) is 31.8 Å². The summed E-state index contributed by atoms with van der Waals surface area (Å²) < 4.78 is 26.9. The fourth-order valence-corrected chi connectivity index (χ4v) is 4.66. The van der Waals surface area contributed by atoms with Crippen LogP contribution in [-0.2, 0) is 23.1 Å². The first kappa shape index (κ1) is 17.0. The zero-order valence-corrected chi connectivity index (χ0v) is 14.4. The van der Waals surface area contributed by atoms with E-state index >= 15 is 0 Å². The Labute approximate surface area is 141 Å². The van der Waals surface area contributed by atoms with E-state index in [9.17, 15) is 18.5 Å². The first-order chi connectivity index (χ1) is 11.3. The summed E-state index contributed by atoms with van der Waals surface area (Å²) in [5.41, 5.74) is 7.80. The summed E-state index contributed by atoms with van der Waals surface area (Å²) in [6.07, 6.45) is 2.48. The van der Waals surface area contributed by atoms with Crippen molar-refractivity contribution in [3.8, 4) is 6.07 Å². The van der Waals surface area contributed by atoms with E-state index in [1.54, 1.807) is 0 Å². The largest absolute Gasteiger partial charge is 0.366 e. The lowest BCUT2D eigenvalue weighted by atomic mass is 9.91. The minimum absolute atomic E-state index is 0.0580. The highest BCUT2D eigenvalue weighted by molar-refractivity contribution is 7.88. The van der Waals surface area contributed by atoms with Crippen molar-refractivity contribution in [2.75, 3.05) is 25.9 Å². The van der Waals surface area contributed by atoms with Crippen LogP contribution in [0.2, 0.25) is 0 Å². The van der Waals surface area contributed by atoms with E-state index in [2.05, 4.69) is 11.4 Å². The minimum Gasteiger partial charge on any atom is -0.366 e. The Morgan fingerprint density at radius 1 is 1.33 bits per heavy atom. The van der Waals surface area contributed by atoms with E-state index in [1.165, 1.54) is 10.6 Å². The molecule has 3 heterocycles. The number of sulfonamides is 1. The third-order valence-corrected chi connectivity index (χ3v) is 6.19. The average Bonchev–Trinajstić information content (AvgIpc) is 2.88. The first-order valence-electron chi connectivity index (χ1n) is 7.95. The van der Waals surface area contributed by atoms with E-state index in [1.807, 2.05) is 4.57 Å². The Bertz CT molecular complexity index is 813. The van der Waals surface area contributed by atoms with Gasteiger partial charge >= 0.3 is 0 Å². The third kappa shape index (κ3) is 2.81. The molecule has 0 radical (unpaired) electrons. The number of hydrogen-bond donors (Lipinski definition) is 2. The molecule has 2 aliphatic heterocycles. The van der Waals surface area contributed by atoms with E-state index < -0.39 is 15.9 Å². The Morgan fingerprint density at radius 3 is 2.54 bits per heavy atom. The predicted molar refractivity (Wildman–Crippen MR) is 87.8 cm³/mol. The Kier molecular flexibility index (Phi) is 4.38. The van der Waals surface area contributed by atoms with Crippen LogP contribution in [0.15, 0.2) is 0 Å². The summed E-state index contributed by atoms with van der Waals surface area (Å²) >= 11 is 0. The van der Waals surface area contributed by atoms with Crippen molar-refractivity contribution in [3.05, 3.63) is 22.5 Å². The van der Waals surface area contributed by atoms with Gasteiger partial charge in [-0.3, -0.25) is 4.79 Å². The van der Waals surface area contributed by atoms with Crippen LogP contribution in [0.3, 0.4) is 0 Å². The number of nitrogens with one attached hydrogen (secondary N) is 1. The molecule has 0 saturated carbocycles. The van der Waals surface area contributed by atoms with Crippen molar-refractivity contribution in [3.63, 3.8) is 0 Å². The molecule has 1 amide bonds. The van der Waals surface area contributed by atoms with E-state index in [4.69, 9.17) is 5.73 Å². The van der Waals surface area contributed by atoms with E-state index in [-0.39, 0.29) is 5.92 Å². The third-order valence-electron chi connectivity index (χ3n) is 4.88. The van der Waals surface area contributed by atoms with Crippen molar-refractivity contribution in [2.24, 2.45) is 5.73 Å². The topological polar surface area (TPSA) is 121 Å². The van der Waals surface area contributed by atoms with Gasteiger partial charge in [-0.2, -0.15) is 5.26 Å². The summed E-state index contributed by atoms with van der Waals surface area (Å²) in [4.78, 5) is 11.9. The first-order valence-corrected chi connectivity index (χ1v) is 9.80. The highest BCUT2D eigenvalue weighted by Gasteiger charge is 2.34. The lowest BCUT2D eigenvalue weighted by Crippen LogP contribution is -2.38. The van der Waals surface area contributed by atoms with Crippen molar-refractivity contribution >= 4 is 15.9 Å². The SMILES string of the molecule is CS(=O)(=O)N1CCC(c2c(C#N)c(C(N)=O)c3n2CCNC3)CC1. The lowest BCUT2D eigenvalue weighted by molar-refractivity contribution is 0.0998. The molecule has 24 heavy (non-hydrogen) atoms. The summed E-state index contributed by atoms with van der Waals surface area (Å²) in [5, 5.41) is 12.8. The van der Waals surface area contributed by atoms with Crippen LogP contribution in [0, 0.1) is 11.3 Å². The number of piperidine rings is 1. The van der Waals surface area contributed by atoms with Crippen LogP contribution in [0.5, 0.6) is 0 Å². The number of nitrogens with zero attached hydrogens (tertiary/aromatic N) is 3. The summed E-state index contributed by atoms with van der Waals surface area (Å²) in [6, 6.07) is 2.16. The summed E-state index contributed by atoms with van der Waals surface area (Å²) in [5.74, 6) is -0.526. The number of aromatic nitrogens is 1. The van der Waals surface area contributed by atoms with Gasteiger partial charge in [0.2, 0.25) is 10.0 Å². The standard InChI is InChI=1S/C15H21N5O3S/c1-24(22,23)19-5-2-10(3-6-19)14-11(8-16)13(15(17)21)12-9-18-4-7-20(12)14/h10,18H,2-7,9H2,1H3,(H2,17,21). The zero-order valence-electron chi connectivity index (χ0n) is 13.6. The number of rotatable bonds is 3. The number of carbonyl (C=O) groups excluding carboxylic acids is 1. The van der Waals surface area contributed by atoms with Gasteiger partial charge in [-0.15, -0.1) is 0 Å². The number of fused-ring (bicyclic) bond motifs is 1. The molecule has 8 nitrogen and oxygen atoms in total. The molecule has 9 heteroatoms. The Hall–Kier alpha value is -1.89. The summed E-state index contributed by atoms with van der Waals surface area (Å²) in [6.45, 7) is 2.81. The van der Waals surface area contributed by atoms with Gasteiger partial charge in [-0.25, -0.2) is 12.7 Å². The molecule has 3 rings (SSSR count). The molecule has 0 aliphatic carbocycles. The molecule has 0 aromatic carbocycles. The van der Waals surface area contributed by atoms with Gasteiger partial charge in [0, 0.05) is 50.0 Å². The van der Waals surface area contributed by atoms with Gasteiger partial charge < -0.3 is 15.6 Å². The number of primary amides is 1. The minimum atomic E-state index is -3.20. The van der Waals surface area contributed by atoms with Crippen LogP contribution < -0.4 is 11.1 Å². The maximum atomic E-state index is 11.9. The molecule has 1 fully saturated rings. The van der Waals surface area contributed by atoms with Gasteiger partial charge in [0.15, 0.2) is 0 Å². The van der Waals surface area contributed by atoms with E-state index in [0.29, 0.717) is 50.1 Å². The second kappa shape index (κ2) is 6.20. The quantitative estimate of drug-likeness (QED) is 0.774. The van der Waals surface area contributed by atoms with Crippen molar-refractivity contribution in [1.82, 2.24) is 14.2 Å². The fraction of sp³-hybridized carbons (Fsp3) is 0.600. The molecule has 0 bridgehead atoms. The van der Waals surface area contributed by atoms with Gasteiger partial charge in [0.25, 0.3) is 5.91 Å². The fourth-order valence-electron chi connectivity index (χ4n) is 3.79. The monoisotopic (exact) mass is 351 g/mol. The molecular weight excluding hydrogens is 330 g/mol. The number of nitrogens with two attached hydrogens (primary N) is 1. The second-order valence-electron chi connectivity index (χ2n) is 6.32. The molecule has 2 aliphatic rings. The van der Waals surface area contributed by atoms with Crippen LogP contribution in [0.25, 0.3) is 0 Å². The van der Waals surface area contributed by atoms with Crippen molar-refractivity contribution in [1.29, 1.82) is 5.26 Å². The Balaban J connectivity index is 2.00.